The van der Waals surface area contributed by atoms with Crippen LogP contribution in [0.5, 0.6) is 0 Å². The van der Waals surface area contributed by atoms with E-state index in [0.29, 0.717) is 17.1 Å². The molecule has 0 spiro atoms. The number of hydrogen-bond donors (Lipinski definition) is 0. The molecule has 0 bridgehead atoms. The Morgan fingerprint density at radius 2 is 2.15 bits per heavy atom. The third kappa shape index (κ3) is 4.04. The average molecular weight is 368 g/mol. The quantitative estimate of drug-likeness (QED) is 0.284. The molecule has 0 fully saturated rings. The normalized spacial score (nSPS) is 12.0. The van der Waals surface area contributed by atoms with Gasteiger partial charge in [-0.2, -0.15) is 5.10 Å². The van der Waals surface area contributed by atoms with Crippen molar-refractivity contribution in [2.45, 2.75) is 6.92 Å². The zero-order valence-corrected chi connectivity index (χ0v) is 14.8. The van der Waals surface area contributed by atoms with Crippen molar-refractivity contribution in [3.05, 3.63) is 80.9 Å². The summed E-state index contributed by atoms with van der Waals surface area (Å²) in [6.07, 6.45) is 3.17. The maximum atomic E-state index is 10.8. The van der Waals surface area contributed by atoms with Crippen LogP contribution < -0.4 is 4.80 Å². The maximum Gasteiger partial charge on any atom is 0.269 e. The zero-order chi connectivity index (χ0) is 18.5. The summed E-state index contributed by atoms with van der Waals surface area (Å²) >= 11 is 1.44. The van der Waals surface area contributed by atoms with Gasteiger partial charge in [0.2, 0.25) is 4.80 Å². The van der Waals surface area contributed by atoms with Crippen LogP contribution in [0.4, 0.5) is 5.69 Å². The lowest BCUT2D eigenvalue weighted by Gasteiger charge is -2.03. The van der Waals surface area contributed by atoms with Gasteiger partial charge in [0.05, 0.1) is 29.6 Å². The monoisotopic (exact) mass is 368 g/mol. The molecule has 0 amide bonds. The van der Waals surface area contributed by atoms with Crippen molar-refractivity contribution < 1.29 is 9.34 Å². The van der Waals surface area contributed by atoms with Gasteiger partial charge in [0.1, 0.15) is 5.76 Å². The molecular weight excluding hydrogens is 352 g/mol. The molecule has 1 aromatic carbocycles. The van der Waals surface area contributed by atoms with E-state index in [2.05, 4.69) is 16.7 Å². The van der Waals surface area contributed by atoms with Crippen molar-refractivity contribution in [1.82, 2.24) is 4.68 Å². The van der Waals surface area contributed by atoms with Crippen LogP contribution in [0.2, 0.25) is 0 Å². The van der Waals surface area contributed by atoms with E-state index >= 15 is 0 Å². The third-order valence-corrected chi connectivity index (χ3v) is 4.24. The molecular formula is C18H16N4O3S. The first-order chi connectivity index (χ1) is 12.5. The number of nitro benzene ring substituents is 1. The van der Waals surface area contributed by atoms with Gasteiger partial charge in [-0.05, 0) is 31.2 Å². The Bertz CT molecular complexity index is 1010. The molecule has 0 unspecified atom stereocenters. The van der Waals surface area contributed by atoms with Crippen molar-refractivity contribution in [3.8, 4) is 11.3 Å². The Morgan fingerprint density at radius 1 is 1.38 bits per heavy atom. The number of nitrogens with zero attached hydrogens (tertiary/aromatic N) is 4. The Kier molecular flexibility index (Phi) is 5.23. The topological polar surface area (TPSA) is 85.9 Å². The molecule has 0 radical (unpaired) electrons. The number of furan rings is 1. The fourth-order valence-electron chi connectivity index (χ4n) is 2.15. The van der Waals surface area contributed by atoms with Crippen molar-refractivity contribution >= 4 is 23.2 Å². The Balaban J connectivity index is 2.05. The molecule has 0 saturated carbocycles. The number of aromatic nitrogens is 1. The highest BCUT2D eigenvalue weighted by atomic mass is 32.1. The molecule has 8 heteroatoms. The predicted octanol–water partition coefficient (Wildman–Crippen LogP) is 4.08. The summed E-state index contributed by atoms with van der Waals surface area (Å²) in [5.41, 5.74) is 2.58. The minimum Gasteiger partial charge on any atom is -0.463 e. The second-order valence-corrected chi connectivity index (χ2v) is 6.39. The van der Waals surface area contributed by atoms with E-state index in [1.54, 1.807) is 41.4 Å². The number of rotatable bonds is 6. The molecule has 3 aromatic rings. The summed E-state index contributed by atoms with van der Waals surface area (Å²) in [4.78, 5) is 15.7. The van der Waals surface area contributed by atoms with E-state index in [9.17, 15) is 10.1 Å². The van der Waals surface area contributed by atoms with E-state index in [4.69, 9.17) is 4.42 Å². The van der Waals surface area contributed by atoms with E-state index in [1.165, 1.54) is 23.5 Å². The Hall–Kier alpha value is -3.26. The lowest BCUT2D eigenvalue weighted by molar-refractivity contribution is -0.384. The predicted molar refractivity (Wildman–Crippen MR) is 101 cm³/mol. The molecule has 0 atom stereocenters. The van der Waals surface area contributed by atoms with Gasteiger partial charge in [-0.1, -0.05) is 12.2 Å². The van der Waals surface area contributed by atoms with Crippen LogP contribution in [-0.2, 0) is 0 Å². The van der Waals surface area contributed by atoms with Gasteiger partial charge in [-0.15, -0.1) is 11.3 Å². The van der Waals surface area contributed by atoms with E-state index in [1.807, 2.05) is 12.3 Å². The Labute approximate surface area is 153 Å². The largest absolute Gasteiger partial charge is 0.463 e. The van der Waals surface area contributed by atoms with Crippen LogP contribution >= 0.6 is 11.3 Å². The average Bonchev–Trinajstić information content (AvgIpc) is 3.27. The van der Waals surface area contributed by atoms with Crippen LogP contribution in [0.25, 0.3) is 11.3 Å². The van der Waals surface area contributed by atoms with Gasteiger partial charge in [0.15, 0.2) is 0 Å². The fourth-order valence-corrected chi connectivity index (χ4v) is 2.99. The van der Waals surface area contributed by atoms with Gasteiger partial charge in [-0.25, -0.2) is 4.68 Å². The van der Waals surface area contributed by atoms with Crippen LogP contribution in [0.1, 0.15) is 12.7 Å². The highest BCUT2D eigenvalue weighted by Gasteiger charge is 2.10. The first-order valence-corrected chi connectivity index (χ1v) is 8.60. The van der Waals surface area contributed by atoms with Crippen molar-refractivity contribution in [2.24, 2.45) is 10.1 Å². The zero-order valence-electron chi connectivity index (χ0n) is 14.0. The molecule has 0 N–H and O–H groups in total. The molecule has 2 aromatic heterocycles. The molecule has 0 aliphatic heterocycles. The summed E-state index contributed by atoms with van der Waals surface area (Å²) in [5.74, 6) is 0.615. The van der Waals surface area contributed by atoms with Crippen molar-refractivity contribution in [3.63, 3.8) is 0 Å². The fraction of sp³-hybridized carbons (Fsp3) is 0.111. The lowest BCUT2D eigenvalue weighted by Crippen LogP contribution is -2.12. The molecule has 2 heterocycles. The number of benzene rings is 1. The summed E-state index contributed by atoms with van der Waals surface area (Å²) in [5, 5.41) is 17.2. The molecule has 0 aliphatic carbocycles. The highest BCUT2D eigenvalue weighted by molar-refractivity contribution is 7.07. The second-order valence-electron chi connectivity index (χ2n) is 5.55. The Morgan fingerprint density at radius 3 is 2.77 bits per heavy atom. The lowest BCUT2D eigenvalue weighted by atomic mass is 10.1. The molecule has 0 saturated heterocycles. The van der Waals surface area contributed by atoms with Crippen molar-refractivity contribution in [1.29, 1.82) is 0 Å². The minimum absolute atomic E-state index is 0.0433. The van der Waals surface area contributed by atoms with E-state index in [0.717, 1.165) is 16.8 Å². The summed E-state index contributed by atoms with van der Waals surface area (Å²) in [6, 6.07) is 9.91. The summed E-state index contributed by atoms with van der Waals surface area (Å²) < 4.78 is 6.97. The molecule has 26 heavy (non-hydrogen) atoms. The number of non-ortho nitro benzene ring substituents is 1. The maximum absolute atomic E-state index is 10.8. The number of nitro groups is 1. The first kappa shape index (κ1) is 17.6. The molecule has 132 valence electrons. The van der Waals surface area contributed by atoms with Crippen molar-refractivity contribution in [2.75, 3.05) is 6.54 Å². The van der Waals surface area contributed by atoms with Gasteiger partial charge < -0.3 is 4.42 Å². The van der Waals surface area contributed by atoms with Crippen LogP contribution in [0, 0.1) is 10.1 Å². The van der Waals surface area contributed by atoms with Gasteiger partial charge in [0, 0.05) is 23.1 Å². The minimum atomic E-state index is -0.422. The first-order valence-electron chi connectivity index (χ1n) is 7.72. The SMILES string of the molecule is C=C(C)CN=c1scc(-c2ccc([N+](=O)[O-])cc2)n1N=Cc1ccco1. The summed E-state index contributed by atoms with van der Waals surface area (Å²) in [6.45, 7) is 6.27. The van der Waals surface area contributed by atoms with E-state index < -0.39 is 4.92 Å². The number of thiazole rings is 1. The van der Waals surface area contributed by atoms with Gasteiger partial charge in [-0.3, -0.25) is 15.1 Å². The second kappa shape index (κ2) is 7.75. The van der Waals surface area contributed by atoms with Crippen LogP contribution in [-0.4, -0.2) is 22.4 Å². The molecule has 7 nitrogen and oxygen atoms in total. The molecule has 0 aliphatic rings. The smallest absolute Gasteiger partial charge is 0.269 e. The van der Waals surface area contributed by atoms with Crippen LogP contribution in [0.15, 0.2) is 74.7 Å². The molecule has 3 rings (SSSR count). The summed E-state index contributed by atoms with van der Waals surface area (Å²) in [7, 11) is 0. The van der Waals surface area contributed by atoms with Crippen LogP contribution in [0.3, 0.4) is 0 Å². The highest BCUT2D eigenvalue weighted by Crippen LogP contribution is 2.23. The van der Waals surface area contributed by atoms with Gasteiger partial charge in [0.25, 0.3) is 5.69 Å². The van der Waals surface area contributed by atoms with Gasteiger partial charge >= 0.3 is 0 Å². The number of hydrogen-bond acceptors (Lipinski definition) is 6. The van der Waals surface area contributed by atoms with E-state index in [-0.39, 0.29) is 5.69 Å². The standard InChI is InChI=1S/C18H16N4O3S/c1-13(2)10-19-18-21(20-11-16-4-3-9-25-16)17(12-26-18)14-5-7-15(8-6-14)22(23)24/h3-9,11-12H,1,10H2,2H3. The third-order valence-electron chi connectivity index (χ3n) is 3.39.